The molecule has 1 N–H and O–H groups in total. The van der Waals surface area contributed by atoms with Gasteiger partial charge in [-0.25, -0.2) is 0 Å². The predicted octanol–water partition coefficient (Wildman–Crippen LogP) is 3.82. The van der Waals surface area contributed by atoms with Crippen molar-refractivity contribution in [2.45, 2.75) is 38.5 Å². The Morgan fingerprint density at radius 2 is 1.61 bits per heavy atom. The van der Waals surface area contributed by atoms with Gasteiger partial charge in [-0.3, -0.25) is 0 Å². The van der Waals surface area contributed by atoms with Crippen LogP contribution >= 0.6 is 0 Å². The van der Waals surface area contributed by atoms with Gasteiger partial charge in [0.05, 0.1) is 0 Å². The Labute approximate surface area is 111 Å². The topological polar surface area (TPSA) is 12.0 Å². The second-order valence-corrected chi connectivity index (χ2v) is 6.31. The molecule has 0 amide bonds. The molecule has 1 unspecified atom stereocenters. The highest BCUT2D eigenvalue weighted by Crippen LogP contribution is 2.48. The van der Waals surface area contributed by atoms with Gasteiger partial charge in [-0.1, -0.05) is 37.3 Å². The zero-order valence-electron chi connectivity index (χ0n) is 11.4. The van der Waals surface area contributed by atoms with Gasteiger partial charge in [-0.05, 0) is 61.5 Å². The number of benzene rings is 1. The first kappa shape index (κ1) is 12.2. The van der Waals surface area contributed by atoms with Gasteiger partial charge < -0.3 is 5.32 Å². The Hall–Kier alpha value is -0.820. The van der Waals surface area contributed by atoms with E-state index in [-0.39, 0.29) is 0 Å². The minimum atomic E-state index is 0.630. The molecule has 1 aromatic carbocycles. The molecule has 0 saturated heterocycles. The SMILES string of the molecule is CC(CNCC(C1CC1)C1CC1)c1ccccc1. The summed E-state index contributed by atoms with van der Waals surface area (Å²) >= 11 is 0. The van der Waals surface area contributed by atoms with Crippen LogP contribution in [0.15, 0.2) is 30.3 Å². The average Bonchev–Trinajstić information content (AvgIpc) is 3.29. The third-order valence-electron chi connectivity index (χ3n) is 4.65. The van der Waals surface area contributed by atoms with Crippen LogP contribution in [0.3, 0.4) is 0 Å². The molecule has 98 valence electrons. The molecule has 0 heterocycles. The first-order valence-corrected chi connectivity index (χ1v) is 7.60. The van der Waals surface area contributed by atoms with E-state index in [4.69, 9.17) is 0 Å². The van der Waals surface area contributed by atoms with E-state index < -0.39 is 0 Å². The van der Waals surface area contributed by atoms with E-state index in [2.05, 4.69) is 42.6 Å². The Morgan fingerprint density at radius 1 is 1.00 bits per heavy atom. The normalized spacial score (nSPS) is 21.2. The molecule has 2 saturated carbocycles. The number of rotatable bonds is 7. The van der Waals surface area contributed by atoms with Crippen LogP contribution in [0.2, 0.25) is 0 Å². The third-order valence-corrected chi connectivity index (χ3v) is 4.65. The lowest BCUT2D eigenvalue weighted by atomic mass is 9.97. The Bertz CT molecular complexity index is 352. The van der Waals surface area contributed by atoms with E-state index in [1.807, 2.05) is 0 Å². The smallest absolute Gasteiger partial charge is 0.00176 e. The molecular formula is C17H25N. The van der Waals surface area contributed by atoms with Gasteiger partial charge in [0.15, 0.2) is 0 Å². The minimum Gasteiger partial charge on any atom is -0.316 e. The molecule has 1 atom stereocenters. The van der Waals surface area contributed by atoms with E-state index in [9.17, 15) is 0 Å². The lowest BCUT2D eigenvalue weighted by Crippen LogP contribution is -2.28. The van der Waals surface area contributed by atoms with Crippen LogP contribution < -0.4 is 5.32 Å². The van der Waals surface area contributed by atoms with Crippen LogP contribution in [0, 0.1) is 17.8 Å². The van der Waals surface area contributed by atoms with Gasteiger partial charge >= 0.3 is 0 Å². The van der Waals surface area contributed by atoms with Crippen molar-refractivity contribution in [1.29, 1.82) is 0 Å². The molecule has 0 aromatic heterocycles. The van der Waals surface area contributed by atoms with Gasteiger partial charge in [0.25, 0.3) is 0 Å². The molecule has 2 aliphatic carbocycles. The van der Waals surface area contributed by atoms with E-state index in [1.165, 1.54) is 37.8 Å². The highest BCUT2D eigenvalue weighted by Gasteiger charge is 2.40. The Balaban J connectivity index is 1.43. The molecule has 3 rings (SSSR count). The maximum Gasteiger partial charge on any atom is 0.00176 e. The summed E-state index contributed by atoms with van der Waals surface area (Å²) in [7, 11) is 0. The zero-order valence-corrected chi connectivity index (χ0v) is 11.4. The summed E-state index contributed by atoms with van der Waals surface area (Å²) in [6.07, 6.45) is 5.99. The first-order chi connectivity index (χ1) is 8.84. The molecule has 0 spiro atoms. The van der Waals surface area contributed by atoms with Crippen molar-refractivity contribution in [3.8, 4) is 0 Å². The van der Waals surface area contributed by atoms with Crippen molar-refractivity contribution >= 4 is 0 Å². The van der Waals surface area contributed by atoms with Crippen molar-refractivity contribution in [1.82, 2.24) is 5.32 Å². The first-order valence-electron chi connectivity index (χ1n) is 7.60. The highest BCUT2D eigenvalue weighted by molar-refractivity contribution is 5.18. The summed E-state index contributed by atoms with van der Waals surface area (Å²) in [4.78, 5) is 0. The van der Waals surface area contributed by atoms with Crippen molar-refractivity contribution < 1.29 is 0 Å². The fourth-order valence-electron chi connectivity index (χ4n) is 3.13. The molecule has 18 heavy (non-hydrogen) atoms. The molecule has 0 radical (unpaired) electrons. The van der Waals surface area contributed by atoms with Crippen LogP contribution in [0.5, 0.6) is 0 Å². The van der Waals surface area contributed by atoms with Crippen molar-refractivity contribution in [2.24, 2.45) is 17.8 Å². The Morgan fingerprint density at radius 3 is 2.17 bits per heavy atom. The monoisotopic (exact) mass is 243 g/mol. The van der Waals surface area contributed by atoms with Gasteiger partial charge in [0.1, 0.15) is 0 Å². The van der Waals surface area contributed by atoms with Gasteiger partial charge in [-0.15, -0.1) is 0 Å². The summed E-state index contributed by atoms with van der Waals surface area (Å²) in [6.45, 7) is 4.71. The van der Waals surface area contributed by atoms with Gasteiger partial charge in [-0.2, -0.15) is 0 Å². The number of hydrogen-bond acceptors (Lipinski definition) is 1. The third kappa shape index (κ3) is 3.14. The standard InChI is InChI=1S/C17H25N/c1-13(14-5-3-2-4-6-14)11-18-12-17(15-7-8-15)16-9-10-16/h2-6,13,15-18H,7-12H2,1H3. The zero-order chi connectivity index (χ0) is 12.4. The fourth-order valence-corrected chi connectivity index (χ4v) is 3.13. The molecule has 2 aliphatic rings. The van der Waals surface area contributed by atoms with Crippen LogP contribution in [0.4, 0.5) is 0 Å². The Kier molecular flexibility index (Phi) is 3.69. The van der Waals surface area contributed by atoms with E-state index in [0.29, 0.717) is 5.92 Å². The number of hydrogen-bond donors (Lipinski definition) is 1. The largest absolute Gasteiger partial charge is 0.316 e. The summed E-state index contributed by atoms with van der Waals surface area (Å²) < 4.78 is 0. The summed E-state index contributed by atoms with van der Waals surface area (Å²) in [5.74, 6) is 3.76. The fraction of sp³-hybridized carbons (Fsp3) is 0.647. The maximum absolute atomic E-state index is 3.73. The molecule has 1 nitrogen and oxygen atoms in total. The van der Waals surface area contributed by atoms with Crippen LogP contribution in [0.1, 0.15) is 44.1 Å². The quantitative estimate of drug-likeness (QED) is 0.767. The second kappa shape index (κ2) is 5.44. The maximum atomic E-state index is 3.73. The van der Waals surface area contributed by atoms with Crippen molar-refractivity contribution in [2.75, 3.05) is 13.1 Å². The van der Waals surface area contributed by atoms with E-state index in [0.717, 1.165) is 24.3 Å². The molecule has 2 fully saturated rings. The van der Waals surface area contributed by atoms with Crippen molar-refractivity contribution in [3.63, 3.8) is 0 Å². The number of nitrogens with one attached hydrogen (secondary N) is 1. The average molecular weight is 243 g/mol. The lowest BCUT2D eigenvalue weighted by molar-refractivity contribution is 0.375. The molecule has 0 bridgehead atoms. The molecule has 1 heteroatoms. The minimum absolute atomic E-state index is 0.630. The van der Waals surface area contributed by atoms with Gasteiger partial charge in [0, 0.05) is 6.54 Å². The molecule has 0 aliphatic heterocycles. The summed E-state index contributed by atoms with van der Waals surface area (Å²) in [5, 5.41) is 3.73. The predicted molar refractivity (Wildman–Crippen MR) is 76.7 cm³/mol. The second-order valence-electron chi connectivity index (χ2n) is 6.31. The highest BCUT2D eigenvalue weighted by atomic mass is 14.9. The lowest BCUT2D eigenvalue weighted by Gasteiger charge is -2.19. The molecular weight excluding hydrogens is 218 g/mol. The van der Waals surface area contributed by atoms with E-state index >= 15 is 0 Å². The summed E-state index contributed by atoms with van der Waals surface area (Å²) in [6, 6.07) is 10.9. The van der Waals surface area contributed by atoms with E-state index in [1.54, 1.807) is 0 Å². The summed E-state index contributed by atoms with van der Waals surface area (Å²) in [5.41, 5.74) is 1.46. The van der Waals surface area contributed by atoms with Crippen LogP contribution in [-0.2, 0) is 0 Å². The van der Waals surface area contributed by atoms with Crippen molar-refractivity contribution in [3.05, 3.63) is 35.9 Å². The van der Waals surface area contributed by atoms with Gasteiger partial charge in [0.2, 0.25) is 0 Å². The van der Waals surface area contributed by atoms with Crippen LogP contribution in [-0.4, -0.2) is 13.1 Å². The molecule has 1 aromatic rings. The van der Waals surface area contributed by atoms with Crippen LogP contribution in [0.25, 0.3) is 0 Å².